The number of rotatable bonds is 1. The summed E-state index contributed by atoms with van der Waals surface area (Å²) in [7, 11) is 0. The Hall–Kier alpha value is -0.620. The van der Waals surface area contributed by atoms with Crippen molar-refractivity contribution < 1.29 is 22.7 Å². The lowest BCUT2D eigenvalue weighted by Crippen LogP contribution is -2.03. The van der Waals surface area contributed by atoms with Crippen LogP contribution in [-0.2, 0) is 6.61 Å². The first kappa shape index (κ1) is 10.5. The molecule has 0 radical (unpaired) electrons. The van der Waals surface area contributed by atoms with Crippen LogP contribution in [-0.4, -0.2) is 5.11 Å². The van der Waals surface area contributed by atoms with Gasteiger partial charge in [-0.15, -0.1) is 0 Å². The first-order valence-corrected chi connectivity index (χ1v) is 3.91. The van der Waals surface area contributed by atoms with Crippen LogP contribution in [0.2, 0.25) is 0 Å². The highest BCUT2D eigenvalue weighted by atomic mass is 79.9. The van der Waals surface area contributed by atoms with E-state index in [1.165, 1.54) is 0 Å². The predicted molar refractivity (Wildman–Crippen MR) is 39.9 cm³/mol. The van der Waals surface area contributed by atoms with Crippen molar-refractivity contribution in [1.82, 2.24) is 0 Å². The number of hydrogen-bond acceptors (Lipinski definition) is 1. The van der Waals surface area contributed by atoms with E-state index in [1.54, 1.807) is 0 Å². The van der Waals surface area contributed by atoms with E-state index in [4.69, 9.17) is 5.11 Å². The highest BCUT2D eigenvalue weighted by Gasteiger charge is 2.22. The van der Waals surface area contributed by atoms with Gasteiger partial charge in [-0.2, -0.15) is 0 Å². The van der Waals surface area contributed by atoms with Crippen molar-refractivity contribution in [3.05, 3.63) is 33.3 Å². The molecule has 13 heavy (non-hydrogen) atoms. The molecule has 0 spiro atoms. The third kappa shape index (κ3) is 1.55. The molecule has 1 aromatic rings. The van der Waals surface area contributed by atoms with Gasteiger partial charge in [-0.25, -0.2) is 17.6 Å². The largest absolute Gasteiger partial charge is 0.391 e. The molecule has 1 rings (SSSR count). The van der Waals surface area contributed by atoms with Crippen molar-refractivity contribution in [3.63, 3.8) is 0 Å². The lowest BCUT2D eigenvalue weighted by atomic mass is 10.2. The predicted octanol–water partition coefficient (Wildman–Crippen LogP) is 2.50. The third-order valence-corrected chi connectivity index (χ3v) is 2.16. The van der Waals surface area contributed by atoms with Crippen molar-refractivity contribution in [2.24, 2.45) is 0 Å². The lowest BCUT2D eigenvalue weighted by Gasteiger charge is -2.05. The molecule has 0 aliphatic carbocycles. The maximum Gasteiger partial charge on any atom is 0.196 e. The van der Waals surface area contributed by atoms with Crippen LogP contribution in [0.25, 0.3) is 0 Å². The van der Waals surface area contributed by atoms with E-state index in [0.29, 0.717) is 0 Å². The summed E-state index contributed by atoms with van der Waals surface area (Å²) >= 11 is 2.39. The number of aliphatic hydroxyl groups excluding tert-OH is 1. The second-order valence-corrected chi connectivity index (χ2v) is 3.00. The molecular weight excluding hydrogens is 256 g/mol. The fourth-order valence-corrected chi connectivity index (χ4v) is 1.20. The zero-order chi connectivity index (χ0) is 10.2. The van der Waals surface area contributed by atoms with Crippen LogP contribution in [0.4, 0.5) is 17.6 Å². The Kier molecular flexibility index (Phi) is 2.92. The van der Waals surface area contributed by atoms with Crippen LogP contribution in [0.1, 0.15) is 5.56 Å². The Labute approximate surface area is 79.1 Å². The van der Waals surface area contributed by atoms with Crippen LogP contribution in [0, 0.1) is 23.3 Å². The van der Waals surface area contributed by atoms with E-state index in [0.717, 1.165) is 0 Å². The van der Waals surface area contributed by atoms with Gasteiger partial charge in [0.25, 0.3) is 0 Å². The molecule has 0 unspecified atom stereocenters. The summed E-state index contributed by atoms with van der Waals surface area (Å²) in [5.41, 5.74) is -0.897. The van der Waals surface area contributed by atoms with E-state index in [9.17, 15) is 17.6 Å². The molecule has 0 aromatic heterocycles. The average molecular weight is 259 g/mol. The lowest BCUT2D eigenvalue weighted by molar-refractivity contribution is 0.263. The first-order chi connectivity index (χ1) is 6.00. The van der Waals surface area contributed by atoms with E-state index >= 15 is 0 Å². The molecule has 1 aromatic carbocycles. The van der Waals surface area contributed by atoms with Crippen molar-refractivity contribution in [2.45, 2.75) is 6.61 Å². The topological polar surface area (TPSA) is 20.2 Å². The second-order valence-electron chi connectivity index (χ2n) is 2.21. The molecule has 1 N–H and O–H groups in total. The molecule has 72 valence electrons. The van der Waals surface area contributed by atoms with Gasteiger partial charge in [0.05, 0.1) is 16.6 Å². The highest BCUT2D eigenvalue weighted by Crippen LogP contribution is 2.27. The second kappa shape index (κ2) is 3.63. The standard InChI is InChI=1S/C7H3BrF4O/c8-3-4(9)2(1-13)5(10)7(12)6(3)11/h13H,1H2. The molecule has 0 aliphatic rings. The maximum atomic E-state index is 12.9. The van der Waals surface area contributed by atoms with Gasteiger partial charge in [-0.1, -0.05) is 0 Å². The monoisotopic (exact) mass is 258 g/mol. The first-order valence-electron chi connectivity index (χ1n) is 3.11. The Morgan fingerprint density at radius 3 is 1.92 bits per heavy atom. The van der Waals surface area contributed by atoms with Gasteiger partial charge < -0.3 is 5.11 Å². The molecule has 0 amide bonds. The summed E-state index contributed by atoms with van der Waals surface area (Å²) in [6.45, 7) is -1.03. The van der Waals surface area contributed by atoms with Crippen molar-refractivity contribution in [2.75, 3.05) is 0 Å². The Bertz CT molecular complexity index is 324. The normalized spacial score (nSPS) is 10.6. The van der Waals surface area contributed by atoms with Gasteiger partial charge in [-0.3, -0.25) is 0 Å². The van der Waals surface area contributed by atoms with E-state index in [-0.39, 0.29) is 0 Å². The molecule has 1 nitrogen and oxygen atoms in total. The average Bonchev–Trinajstić information content (AvgIpc) is 2.13. The van der Waals surface area contributed by atoms with Crippen LogP contribution >= 0.6 is 15.9 Å². The van der Waals surface area contributed by atoms with Crippen LogP contribution in [0.3, 0.4) is 0 Å². The number of benzene rings is 1. The molecule has 0 heterocycles. The van der Waals surface area contributed by atoms with Crippen LogP contribution in [0.15, 0.2) is 4.47 Å². The summed E-state index contributed by atoms with van der Waals surface area (Å²) in [6.07, 6.45) is 0. The molecule has 0 saturated heterocycles. The van der Waals surface area contributed by atoms with Crippen LogP contribution in [0.5, 0.6) is 0 Å². The minimum absolute atomic E-state index is 0.824. The van der Waals surface area contributed by atoms with Crippen molar-refractivity contribution in [3.8, 4) is 0 Å². The highest BCUT2D eigenvalue weighted by molar-refractivity contribution is 9.10. The molecule has 6 heteroatoms. The van der Waals surface area contributed by atoms with Crippen LogP contribution < -0.4 is 0 Å². The fourth-order valence-electron chi connectivity index (χ4n) is 0.789. The number of aliphatic hydroxyl groups is 1. The Morgan fingerprint density at radius 1 is 0.923 bits per heavy atom. The molecule has 0 atom stereocenters. The third-order valence-electron chi connectivity index (χ3n) is 1.46. The molecule has 0 fully saturated rings. The molecule has 0 bridgehead atoms. The number of halogens is 5. The smallest absolute Gasteiger partial charge is 0.196 e. The summed E-state index contributed by atoms with van der Waals surface area (Å²) in [6, 6.07) is 0. The summed E-state index contributed by atoms with van der Waals surface area (Å²) in [4.78, 5) is 0. The van der Waals surface area contributed by atoms with E-state index in [2.05, 4.69) is 15.9 Å². The van der Waals surface area contributed by atoms with E-state index in [1.807, 2.05) is 0 Å². The summed E-state index contributed by atoms with van der Waals surface area (Å²) < 4.78 is 49.8. The Morgan fingerprint density at radius 2 is 1.46 bits per heavy atom. The van der Waals surface area contributed by atoms with Gasteiger partial charge in [0.1, 0.15) is 5.82 Å². The fraction of sp³-hybridized carbons (Fsp3) is 0.143. The zero-order valence-corrected chi connectivity index (χ0v) is 7.63. The van der Waals surface area contributed by atoms with Crippen molar-refractivity contribution >= 4 is 15.9 Å². The maximum absolute atomic E-state index is 12.9. The summed E-state index contributed by atoms with van der Waals surface area (Å²) in [5.74, 6) is -6.50. The van der Waals surface area contributed by atoms with Crippen molar-refractivity contribution in [1.29, 1.82) is 0 Å². The summed E-state index contributed by atoms with van der Waals surface area (Å²) in [5, 5.41) is 8.45. The van der Waals surface area contributed by atoms with E-state index < -0.39 is 39.9 Å². The molecule has 0 aliphatic heterocycles. The zero-order valence-electron chi connectivity index (χ0n) is 6.04. The van der Waals surface area contributed by atoms with Gasteiger partial charge >= 0.3 is 0 Å². The van der Waals surface area contributed by atoms with Gasteiger partial charge in [0.15, 0.2) is 17.5 Å². The van der Waals surface area contributed by atoms with Gasteiger partial charge in [0.2, 0.25) is 0 Å². The minimum atomic E-state index is -1.81. The molecule has 0 saturated carbocycles. The Balaban J connectivity index is 3.56. The number of hydrogen-bond donors (Lipinski definition) is 1. The SMILES string of the molecule is OCc1c(F)c(F)c(F)c(Br)c1F. The molecular formula is C7H3BrF4O. The quantitative estimate of drug-likeness (QED) is 0.466. The minimum Gasteiger partial charge on any atom is -0.391 e. The van der Waals surface area contributed by atoms with Gasteiger partial charge in [0, 0.05) is 0 Å². The van der Waals surface area contributed by atoms with Gasteiger partial charge in [-0.05, 0) is 15.9 Å².